The lowest BCUT2D eigenvalue weighted by Crippen LogP contribution is -2.34. The van der Waals surface area contributed by atoms with Crippen molar-refractivity contribution in [1.82, 2.24) is 9.97 Å². The van der Waals surface area contributed by atoms with Crippen molar-refractivity contribution in [3.05, 3.63) is 52.8 Å². The summed E-state index contributed by atoms with van der Waals surface area (Å²) in [5.74, 6) is 6.37. The van der Waals surface area contributed by atoms with Crippen LogP contribution in [0.5, 0.6) is 11.5 Å². The van der Waals surface area contributed by atoms with Gasteiger partial charge in [-0.25, -0.2) is 15.6 Å². The summed E-state index contributed by atoms with van der Waals surface area (Å²) in [7, 11) is 0. The molecule has 0 aliphatic carbocycles. The van der Waals surface area contributed by atoms with Crippen LogP contribution < -0.4 is 32.0 Å². The second kappa shape index (κ2) is 11.4. The molecule has 0 spiro atoms. The molecule has 0 radical (unpaired) electrons. The van der Waals surface area contributed by atoms with Gasteiger partial charge in [0.05, 0.1) is 18.8 Å². The van der Waals surface area contributed by atoms with Gasteiger partial charge in [-0.1, -0.05) is 32.0 Å². The van der Waals surface area contributed by atoms with Crippen molar-refractivity contribution in [3.63, 3.8) is 0 Å². The van der Waals surface area contributed by atoms with Gasteiger partial charge in [-0.05, 0) is 49.2 Å². The Balaban J connectivity index is 1.98. The van der Waals surface area contributed by atoms with Gasteiger partial charge in [0, 0.05) is 5.92 Å². The molecule has 3 aromatic rings. The first-order valence-corrected chi connectivity index (χ1v) is 11.4. The van der Waals surface area contributed by atoms with Gasteiger partial charge in [-0.3, -0.25) is 4.79 Å². The molecule has 0 saturated heterocycles. The number of aromatic amines is 1. The van der Waals surface area contributed by atoms with Gasteiger partial charge in [0.15, 0.2) is 11.9 Å². The molecule has 2 aromatic carbocycles. The molecule has 1 heterocycles. The molecule has 6 N–H and O–H groups in total. The van der Waals surface area contributed by atoms with Gasteiger partial charge in [0.25, 0.3) is 5.56 Å². The van der Waals surface area contributed by atoms with Gasteiger partial charge in [-0.15, -0.1) is 0 Å². The number of anilines is 2. The third kappa shape index (κ3) is 5.90. The zero-order chi connectivity index (χ0) is 25.5. The summed E-state index contributed by atoms with van der Waals surface area (Å²) in [6, 6.07) is 12.9. The van der Waals surface area contributed by atoms with Gasteiger partial charge in [0.1, 0.15) is 23.0 Å². The smallest absolute Gasteiger partial charge is 0.347 e. The molecular formula is C25H31N5O5. The molecule has 10 nitrogen and oxygen atoms in total. The fourth-order valence-electron chi connectivity index (χ4n) is 3.47. The first-order chi connectivity index (χ1) is 16.8. The lowest BCUT2D eigenvalue weighted by Gasteiger charge is -2.21. The van der Waals surface area contributed by atoms with Crippen molar-refractivity contribution < 1.29 is 19.0 Å². The number of hydrogen-bond acceptors (Lipinski definition) is 9. The molecule has 0 amide bonds. The van der Waals surface area contributed by atoms with Crippen LogP contribution >= 0.6 is 0 Å². The Morgan fingerprint density at radius 3 is 2.51 bits per heavy atom. The summed E-state index contributed by atoms with van der Waals surface area (Å²) in [6.45, 7) is 8.11. The molecule has 186 valence electrons. The normalized spacial score (nSPS) is 11.7. The van der Waals surface area contributed by atoms with Crippen LogP contribution in [0, 0.1) is 5.92 Å². The predicted molar refractivity (Wildman–Crippen MR) is 135 cm³/mol. The van der Waals surface area contributed by atoms with Crippen molar-refractivity contribution in [3.8, 4) is 34.0 Å². The molecule has 10 heteroatoms. The van der Waals surface area contributed by atoms with E-state index < -0.39 is 17.6 Å². The predicted octanol–water partition coefficient (Wildman–Crippen LogP) is 3.34. The minimum atomic E-state index is -0.717. The van der Waals surface area contributed by atoms with Crippen LogP contribution in [-0.2, 0) is 9.53 Å². The zero-order valence-electron chi connectivity index (χ0n) is 20.3. The first-order valence-electron chi connectivity index (χ1n) is 11.4. The fourth-order valence-corrected chi connectivity index (χ4v) is 3.47. The van der Waals surface area contributed by atoms with Gasteiger partial charge in [-0.2, -0.15) is 0 Å². The third-order valence-corrected chi connectivity index (χ3v) is 5.18. The van der Waals surface area contributed by atoms with Crippen molar-refractivity contribution >= 4 is 17.5 Å². The Labute approximate surface area is 203 Å². The molecule has 0 aliphatic rings. The number of nitrogens with zero attached hydrogens (tertiary/aromatic N) is 1. The largest absolute Gasteiger partial charge is 0.493 e. The lowest BCUT2D eigenvalue weighted by molar-refractivity contribution is -0.153. The van der Waals surface area contributed by atoms with E-state index in [1.54, 1.807) is 19.1 Å². The highest BCUT2D eigenvalue weighted by Gasteiger charge is 2.25. The van der Waals surface area contributed by atoms with E-state index >= 15 is 0 Å². The number of rotatable bonds is 10. The van der Waals surface area contributed by atoms with Crippen LogP contribution in [0.3, 0.4) is 0 Å². The molecular weight excluding hydrogens is 450 g/mol. The second-order valence-corrected chi connectivity index (χ2v) is 8.03. The number of carbonyl (C=O) groups excluding carboxylic acids is 1. The minimum Gasteiger partial charge on any atom is -0.493 e. The molecule has 1 atom stereocenters. The summed E-state index contributed by atoms with van der Waals surface area (Å²) < 4.78 is 17.0. The highest BCUT2D eigenvalue weighted by Crippen LogP contribution is 2.34. The Bertz CT molecular complexity index is 1240. The van der Waals surface area contributed by atoms with E-state index in [1.807, 2.05) is 51.1 Å². The second-order valence-electron chi connectivity index (χ2n) is 8.03. The highest BCUT2D eigenvalue weighted by molar-refractivity contribution is 5.77. The van der Waals surface area contributed by atoms with Gasteiger partial charge >= 0.3 is 5.97 Å². The van der Waals surface area contributed by atoms with Crippen molar-refractivity contribution in [2.24, 2.45) is 11.8 Å². The molecule has 0 saturated carbocycles. The molecule has 0 bridgehead atoms. The van der Waals surface area contributed by atoms with Crippen LogP contribution in [0.2, 0.25) is 0 Å². The molecule has 35 heavy (non-hydrogen) atoms. The Morgan fingerprint density at radius 1 is 1.11 bits per heavy atom. The Morgan fingerprint density at radius 2 is 1.86 bits per heavy atom. The fraction of sp³-hybridized carbons (Fsp3) is 0.320. The molecule has 1 aromatic heterocycles. The number of H-pyrrole nitrogens is 1. The number of ether oxygens (including phenoxy) is 3. The zero-order valence-corrected chi connectivity index (χ0v) is 20.3. The standard InChI is InChI=1S/C25H31N5O5/c1-5-33-19-13-16(10-11-18(19)22-28-23(30-27)20(26)24(31)29-22)15-8-7-9-17(12-15)35-21(14(3)4)25(32)34-6-2/h7-14,21H,5-6,26-27H2,1-4H3,(H2,28,29,30,31). The number of hydrogen-bond donors (Lipinski definition) is 4. The van der Waals surface area contributed by atoms with E-state index in [1.165, 1.54) is 0 Å². The highest BCUT2D eigenvalue weighted by atomic mass is 16.6. The Hall–Kier alpha value is -4.05. The van der Waals surface area contributed by atoms with E-state index in [-0.39, 0.29) is 29.9 Å². The van der Waals surface area contributed by atoms with E-state index in [0.717, 1.165) is 11.1 Å². The maximum Gasteiger partial charge on any atom is 0.347 e. The van der Waals surface area contributed by atoms with Crippen LogP contribution in [0.1, 0.15) is 27.7 Å². The number of benzene rings is 2. The average molecular weight is 482 g/mol. The number of nitrogen functional groups attached to an aromatic ring is 2. The van der Waals surface area contributed by atoms with Crippen LogP contribution in [-0.4, -0.2) is 35.3 Å². The van der Waals surface area contributed by atoms with Crippen molar-refractivity contribution in [2.75, 3.05) is 24.4 Å². The monoisotopic (exact) mass is 481 g/mol. The Kier molecular flexibility index (Phi) is 8.32. The van der Waals surface area contributed by atoms with Gasteiger partial charge < -0.3 is 30.4 Å². The molecule has 0 fully saturated rings. The van der Waals surface area contributed by atoms with E-state index in [2.05, 4.69) is 15.4 Å². The van der Waals surface area contributed by atoms with E-state index in [0.29, 0.717) is 23.7 Å². The SMILES string of the molecule is CCOC(=O)C(Oc1cccc(-c2ccc(-c3nc(NN)c(N)c(=O)[nH]3)c(OCC)c2)c1)C(C)C. The number of nitrogens with one attached hydrogen (secondary N) is 2. The summed E-state index contributed by atoms with van der Waals surface area (Å²) in [4.78, 5) is 31.5. The van der Waals surface area contributed by atoms with Crippen LogP contribution in [0.15, 0.2) is 47.3 Å². The van der Waals surface area contributed by atoms with Gasteiger partial charge in [0.2, 0.25) is 0 Å². The topological polar surface area (TPSA) is 155 Å². The lowest BCUT2D eigenvalue weighted by atomic mass is 10.0. The minimum absolute atomic E-state index is 0.0657. The van der Waals surface area contributed by atoms with E-state index in [9.17, 15) is 9.59 Å². The summed E-state index contributed by atoms with van der Waals surface area (Å²) in [6.07, 6.45) is -0.717. The number of nitrogens with two attached hydrogens (primary N) is 2. The molecule has 3 rings (SSSR count). The first kappa shape index (κ1) is 25.6. The summed E-state index contributed by atoms with van der Waals surface area (Å²) in [5, 5.41) is 0. The molecule has 0 aliphatic heterocycles. The maximum atomic E-state index is 12.3. The van der Waals surface area contributed by atoms with Crippen LogP contribution in [0.25, 0.3) is 22.5 Å². The third-order valence-electron chi connectivity index (χ3n) is 5.18. The summed E-state index contributed by atoms with van der Waals surface area (Å²) >= 11 is 0. The number of hydrazine groups is 1. The average Bonchev–Trinajstić information content (AvgIpc) is 2.84. The van der Waals surface area contributed by atoms with Crippen molar-refractivity contribution in [2.45, 2.75) is 33.8 Å². The van der Waals surface area contributed by atoms with E-state index in [4.69, 9.17) is 25.8 Å². The summed E-state index contributed by atoms with van der Waals surface area (Å²) in [5.41, 5.74) is 9.70. The van der Waals surface area contributed by atoms with Crippen LogP contribution in [0.4, 0.5) is 11.5 Å². The molecule has 1 unspecified atom stereocenters. The number of carbonyl (C=O) groups is 1. The van der Waals surface area contributed by atoms with Crippen molar-refractivity contribution in [1.29, 1.82) is 0 Å². The number of esters is 1. The maximum absolute atomic E-state index is 12.3. The quantitative estimate of drug-likeness (QED) is 0.194. The number of aromatic nitrogens is 2.